The summed E-state index contributed by atoms with van der Waals surface area (Å²) in [5, 5.41) is 19.5. The van der Waals surface area contributed by atoms with E-state index in [1.54, 1.807) is 17.0 Å². The van der Waals surface area contributed by atoms with E-state index in [2.05, 4.69) is 37.7 Å². The molecule has 1 saturated heterocycles. The minimum Gasteiger partial charge on any atom is -0.507 e. The van der Waals surface area contributed by atoms with Gasteiger partial charge in [0.25, 0.3) is 0 Å². The normalized spacial score (nSPS) is 17.0. The predicted molar refractivity (Wildman–Crippen MR) is 103 cm³/mol. The summed E-state index contributed by atoms with van der Waals surface area (Å²) in [6, 6.07) is 8.96. The van der Waals surface area contributed by atoms with Gasteiger partial charge in [-0.05, 0) is 46.6 Å². The third-order valence-electron chi connectivity index (χ3n) is 4.78. The Morgan fingerprint density at radius 1 is 1.38 bits per heavy atom. The molecule has 0 bridgehead atoms. The monoisotopic (exact) mass is 412 g/mol. The van der Waals surface area contributed by atoms with Gasteiger partial charge in [0, 0.05) is 40.1 Å². The van der Waals surface area contributed by atoms with Crippen molar-refractivity contribution in [2.75, 3.05) is 13.1 Å². The molecule has 26 heavy (non-hydrogen) atoms. The lowest BCUT2D eigenvalue weighted by Gasteiger charge is -2.13. The van der Waals surface area contributed by atoms with Gasteiger partial charge in [0.2, 0.25) is 5.91 Å². The Kier molecular flexibility index (Phi) is 4.24. The minimum absolute atomic E-state index is 0.0404. The highest BCUT2D eigenvalue weighted by Crippen LogP contribution is 2.37. The molecule has 132 valence electrons. The summed E-state index contributed by atoms with van der Waals surface area (Å²) in [5.74, 6) is 0.333. The first-order chi connectivity index (χ1) is 12.6. The molecule has 1 aromatic carbocycles. The van der Waals surface area contributed by atoms with Crippen molar-refractivity contribution in [1.82, 2.24) is 20.1 Å². The fraction of sp³-hybridized carbons (Fsp3) is 0.211. The lowest BCUT2D eigenvalue weighted by atomic mass is 10.0. The number of nitrogens with zero attached hydrogens (tertiary/aromatic N) is 3. The number of fused-ring (bicyclic) bond motifs is 1. The number of phenolic OH excluding ortho intramolecular Hbond substituents is 1. The number of rotatable bonds is 3. The van der Waals surface area contributed by atoms with Gasteiger partial charge in [-0.25, -0.2) is 0 Å². The number of hydrogen-bond acceptors (Lipinski definition) is 4. The van der Waals surface area contributed by atoms with E-state index in [9.17, 15) is 9.90 Å². The molecular formula is C19H17BrN4O2. The van der Waals surface area contributed by atoms with E-state index >= 15 is 0 Å². The van der Waals surface area contributed by atoms with Crippen LogP contribution in [-0.4, -0.2) is 44.2 Å². The molecule has 7 heteroatoms. The van der Waals surface area contributed by atoms with Crippen LogP contribution in [0.25, 0.3) is 22.3 Å². The van der Waals surface area contributed by atoms with Crippen LogP contribution < -0.4 is 0 Å². The molecule has 0 spiro atoms. The van der Waals surface area contributed by atoms with E-state index in [1.807, 2.05) is 18.2 Å². The van der Waals surface area contributed by atoms with Crippen LogP contribution >= 0.6 is 15.9 Å². The molecule has 1 aliphatic rings. The Labute approximate surface area is 158 Å². The highest BCUT2D eigenvalue weighted by Gasteiger charge is 2.29. The van der Waals surface area contributed by atoms with Gasteiger partial charge in [-0.3, -0.25) is 4.79 Å². The number of aromatic nitrogens is 3. The molecular weight excluding hydrogens is 396 g/mol. The second kappa shape index (κ2) is 6.57. The molecule has 6 nitrogen and oxygen atoms in total. The lowest BCUT2D eigenvalue weighted by molar-refractivity contribution is -0.125. The van der Waals surface area contributed by atoms with E-state index in [1.165, 1.54) is 6.08 Å². The number of nitrogens with one attached hydrogen (secondary N) is 1. The largest absolute Gasteiger partial charge is 0.507 e. The summed E-state index contributed by atoms with van der Waals surface area (Å²) in [4.78, 5) is 17.0. The molecule has 0 saturated carbocycles. The van der Waals surface area contributed by atoms with E-state index in [4.69, 9.17) is 0 Å². The first kappa shape index (κ1) is 16.8. The van der Waals surface area contributed by atoms with Crippen LogP contribution in [0.1, 0.15) is 18.0 Å². The molecule has 1 aliphatic heterocycles. The number of H-pyrrole nitrogens is 1. The van der Waals surface area contributed by atoms with Crippen LogP contribution in [0, 0.1) is 0 Å². The summed E-state index contributed by atoms with van der Waals surface area (Å²) >= 11 is 3.68. The number of halogens is 1. The Morgan fingerprint density at radius 2 is 2.19 bits per heavy atom. The zero-order chi connectivity index (χ0) is 18.3. The number of aromatic hydroxyl groups is 1. The minimum atomic E-state index is -0.0404. The number of hydrogen-bond donors (Lipinski definition) is 2. The SMILES string of the molecule is C=CC(=O)N1CC[C@H](c2[nH]c3nnc(-c4ccccc4O)cc3c2Br)C1. The van der Waals surface area contributed by atoms with Crippen molar-refractivity contribution in [3.63, 3.8) is 0 Å². The fourth-order valence-corrected chi connectivity index (χ4v) is 4.13. The number of phenols is 1. The molecule has 0 unspecified atom stereocenters. The third kappa shape index (κ3) is 2.78. The van der Waals surface area contributed by atoms with Gasteiger partial charge in [-0.15, -0.1) is 10.2 Å². The highest BCUT2D eigenvalue weighted by atomic mass is 79.9. The van der Waals surface area contributed by atoms with Crippen molar-refractivity contribution in [3.05, 3.63) is 53.2 Å². The first-order valence-corrected chi connectivity index (χ1v) is 9.12. The Hall–Kier alpha value is -2.67. The number of aromatic amines is 1. The second-order valence-electron chi connectivity index (χ2n) is 6.34. The van der Waals surface area contributed by atoms with E-state index < -0.39 is 0 Å². The van der Waals surface area contributed by atoms with Gasteiger partial charge >= 0.3 is 0 Å². The van der Waals surface area contributed by atoms with Crippen molar-refractivity contribution in [1.29, 1.82) is 0 Å². The van der Waals surface area contributed by atoms with E-state index in [0.29, 0.717) is 30.0 Å². The smallest absolute Gasteiger partial charge is 0.245 e. The van der Waals surface area contributed by atoms with Crippen LogP contribution in [0.5, 0.6) is 5.75 Å². The van der Waals surface area contributed by atoms with Crippen LogP contribution in [0.15, 0.2) is 47.5 Å². The van der Waals surface area contributed by atoms with Crippen molar-refractivity contribution in [2.24, 2.45) is 0 Å². The maximum Gasteiger partial charge on any atom is 0.245 e. The number of benzene rings is 1. The Bertz CT molecular complexity index is 1010. The molecule has 1 fully saturated rings. The van der Waals surface area contributed by atoms with Gasteiger partial charge in [0.15, 0.2) is 5.65 Å². The maximum atomic E-state index is 11.8. The molecule has 0 radical (unpaired) electrons. The van der Waals surface area contributed by atoms with Crippen molar-refractivity contribution in [2.45, 2.75) is 12.3 Å². The topological polar surface area (TPSA) is 82.1 Å². The van der Waals surface area contributed by atoms with Crippen molar-refractivity contribution in [3.8, 4) is 17.0 Å². The molecule has 3 heterocycles. The molecule has 2 N–H and O–H groups in total. The van der Waals surface area contributed by atoms with Crippen molar-refractivity contribution < 1.29 is 9.90 Å². The molecule has 3 aromatic rings. The summed E-state index contributed by atoms with van der Waals surface area (Å²) < 4.78 is 0.928. The predicted octanol–water partition coefficient (Wildman–Crippen LogP) is 3.59. The van der Waals surface area contributed by atoms with E-state index in [0.717, 1.165) is 22.0 Å². The van der Waals surface area contributed by atoms with Gasteiger partial charge in [0.05, 0.1) is 5.69 Å². The number of likely N-dealkylation sites (tertiary alicyclic amines) is 1. The second-order valence-corrected chi connectivity index (χ2v) is 7.13. The number of amides is 1. The van der Waals surface area contributed by atoms with Crippen LogP contribution in [0.4, 0.5) is 0 Å². The van der Waals surface area contributed by atoms with Gasteiger partial charge in [-0.2, -0.15) is 0 Å². The first-order valence-electron chi connectivity index (χ1n) is 8.33. The summed E-state index contributed by atoms with van der Waals surface area (Å²) in [6.45, 7) is 4.92. The lowest BCUT2D eigenvalue weighted by Crippen LogP contribution is -2.26. The summed E-state index contributed by atoms with van der Waals surface area (Å²) in [6.07, 6.45) is 2.23. The van der Waals surface area contributed by atoms with Gasteiger partial charge < -0.3 is 15.0 Å². The molecule has 1 amide bonds. The van der Waals surface area contributed by atoms with Gasteiger partial charge in [-0.1, -0.05) is 18.7 Å². The number of para-hydroxylation sites is 1. The quantitative estimate of drug-likeness (QED) is 0.643. The summed E-state index contributed by atoms with van der Waals surface area (Å²) in [5.41, 5.74) is 2.94. The van der Waals surface area contributed by atoms with Gasteiger partial charge in [0.1, 0.15) is 5.75 Å². The average Bonchev–Trinajstić information content (AvgIpc) is 3.26. The number of carbonyl (C=O) groups excluding carboxylic acids is 1. The highest BCUT2D eigenvalue weighted by molar-refractivity contribution is 9.10. The van der Waals surface area contributed by atoms with Crippen LogP contribution in [-0.2, 0) is 4.79 Å². The maximum absolute atomic E-state index is 11.8. The van der Waals surface area contributed by atoms with Crippen LogP contribution in [0.3, 0.4) is 0 Å². The Morgan fingerprint density at radius 3 is 2.96 bits per heavy atom. The standard InChI is InChI=1S/C19H17BrN4O2/c1-2-16(26)24-8-7-11(10-24)18-17(20)13-9-14(22-23-19(13)21-18)12-5-3-4-6-15(12)25/h2-6,9,11,25H,1,7-8,10H2,(H,21,23)/t11-/m0/s1. The fourth-order valence-electron chi connectivity index (χ4n) is 3.41. The molecule has 2 aromatic heterocycles. The van der Waals surface area contributed by atoms with E-state index in [-0.39, 0.29) is 17.6 Å². The molecule has 0 aliphatic carbocycles. The third-order valence-corrected chi connectivity index (χ3v) is 5.64. The zero-order valence-electron chi connectivity index (χ0n) is 13.9. The Balaban J connectivity index is 1.71. The number of carbonyl (C=O) groups is 1. The summed E-state index contributed by atoms with van der Waals surface area (Å²) in [7, 11) is 0. The molecule has 4 rings (SSSR count). The molecule has 1 atom stereocenters. The van der Waals surface area contributed by atoms with Crippen molar-refractivity contribution >= 4 is 32.9 Å². The van der Waals surface area contributed by atoms with Crippen LogP contribution in [0.2, 0.25) is 0 Å². The zero-order valence-corrected chi connectivity index (χ0v) is 15.5. The average molecular weight is 413 g/mol.